The monoisotopic (exact) mass is 446 g/mol. The van der Waals surface area contributed by atoms with Crippen LogP contribution in [0.4, 0.5) is 5.13 Å². The summed E-state index contributed by atoms with van der Waals surface area (Å²) < 4.78 is 0.703. The molecule has 6 nitrogen and oxygen atoms in total. The number of hydrogen-bond donors (Lipinski definition) is 1. The maximum Gasteiger partial charge on any atom is 0.230 e. The highest BCUT2D eigenvalue weighted by Gasteiger charge is 2.34. The van der Waals surface area contributed by atoms with Gasteiger partial charge < -0.3 is 5.32 Å². The van der Waals surface area contributed by atoms with E-state index in [1.165, 1.54) is 28.7 Å². The van der Waals surface area contributed by atoms with Gasteiger partial charge in [0.1, 0.15) is 0 Å². The Balaban J connectivity index is 1.58. The first kappa shape index (κ1) is 22.7. The van der Waals surface area contributed by atoms with Crippen LogP contribution in [-0.2, 0) is 9.59 Å². The highest BCUT2D eigenvalue weighted by molar-refractivity contribution is 8.01. The molecule has 1 unspecified atom stereocenters. The van der Waals surface area contributed by atoms with E-state index in [4.69, 9.17) is 0 Å². The van der Waals surface area contributed by atoms with Crippen LogP contribution in [0.5, 0.6) is 0 Å². The van der Waals surface area contributed by atoms with Crippen molar-refractivity contribution in [1.82, 2.24) is 15.5 Å². The van der Waals surface area contributed by atoms with Crippen LogP contribution in [0.1, 0.15) is 70.5 Å². The lowest BCUT2D eigenvalue weighted by Crippen LogP contribution is -2.33. The molecule has 1 saturated carbocycles. The van der Waals surface area contributed by atoms with E-state index in [0.717, 1.165) is 18.4 Å². The number of thioether (sulfide) groups is 1. The van der Waals surface area contributed by atoms with Crippen LogP contribution in [0.2, 0.25) is 0 Å². The van der Waals surface area contributed by atoms with Crippen molar-refractivity contribution in [2.75, 3.05) is 10.7 Å². The van der Waals surface area contributed by atoms with Gasteiger partial charge in [0.25, 0.3) is 0 Å². The summed E-state index contributed by atoms with van der Waals surface area (Å²) in [6.07, 6.45) is 2.03. The second-order valence-electron chi connectivity index (χ2n) is 8.37. The number of benzene rings is 1. The van der Waals surface area contributed by atoms with Gasteiger partial charge in [0.15, 0.2) is 4.34 Å². The van der Waals surface area contributed by atoms with Crippen molar-refractivity contribution in [2.45, 2.75) is 69.8 Å². The van der Waals surface area contributed by atoms with Crippen molar-refractivity contribution >= 4 is 40.0 Å². The van der Waals surface area contributed by atoms with E-state index in [1.54, 1.807) is 11.8 Å². The second-order valence-corrected chi connectivity index (χ2v) is 10.5. The molecule has 0 radical (unpaired) electrons. The van der Waals surface area contributed by atoms with E-state index in [9.17, 15) is 9.59 Å². The Morgan fingerprint density at radius 3 is 2.30 bits per heavy atom. The first-order valence-corrected chi connectivity index (χ1v) is 12.2. The summed E-state index contributed by atoms with van der Waals surface area (Å²) in [4.78, 5) is 26.2. The summed E-state index contributed by atoms with van der Waals surface area (Å²) in [6, 6.07) is 8.72. The number of nitrogens with one attached hydrogen (secondary N) is 1. The highest BCUT2D eigenvalue weighted by atomic mass is 32.2. The first-order valence-electron chi connectivity index (χ1n) is 10.4. The number of hydrogen-bond acceptors (Lipinski definition) is 6. The van der Waals surface area contributed by atoms with Crippen LogP contribution in [0.25, 0.3) is 0 Å². The van der Waals surface area contributed by atoms with Crippen LogP contribution in [0, 0.1) is 5.92 Å². The zero-order valence-corrected chi connectivity index (χ0v) is 19.8. The van der Waals surface area contributed by atoms with Gasteiger partial charge in [-0.25, -0.2) is 0 Å². The molecule has 162 valence electrons. The summed E-state index contributed by atoms with van der Waals surface area (Å²) >= 11 is 2.73. The SMILES string of the molecule is CC(=O)N(c1nnc(SCC(=O)NC(c2ccc(C(C)C)cc2)C(C)C)s1)C1CC1. The molecule has 8 heteroatoms. The fraction of sp³-hybridized carbons (Fsp3) is 0.545. The van der Waals surface area contributed by atoms with Crippen molar-refractivity contribution < 1.29 is 9.59 Å². The van der Waals surface area contributed by atoms with E-state index in [0.29, 0.717) is 15.4 Å². The van der Waals surface area contributed by atoms with Crippen LogP contribution in [0.3, 0.4) is 0 Å². The molecule has 1 aromatic carbocycles. The number of carbonyl (C=O) groups excluding carboxylic acids is 2. The minimum Gasteiger partial charge on any atom is -0.348 e. The fourth-order valence-electron chi connectivity index (χ4n) is 3.30. The van der Waals surface area contributed by atoms with Gasteiger partial charge in [-0.2, -0.15) is 0 Å². The summed E-state index contributed by atoms with van der Waals surface area (Å²) in [5, 5.41) is 12.1. The van der Waals surface area contributed by atoms with Gasteiger partial charge in [-0.05, 0) is 35.8 Å². The summed E-state index contributed by atoms with van der Waals surface area (Å²) in [5.41, 5.74) is 2.41. The van der Waals surface area contributed by atoms with E-state index >= 15 is 0 Å². The molecule has 1 heterocycles. The zero-order chi connectivity index (χ0) is 21.8. The molecule has 1 aromatic heterocycles. The van der Waals surface area contributed by atoms with E-state index < -0.39 is 0 Å². The number of nitrogens with zero attached hydrogens (tertiary/aromatic N) is 3. The Morgan fingerprint density at radius 2 is 1.77 bits per heavy atom. The zero-order valence-electron chi connectivity index (χ0n) is 18.2. The smallest absolute Gasteiger partial charge is 0.230 e. The third-order valence-electron chi connectivity index (χ3n) is 5.13. The molecule has 0 bridgehead atoms. The maximum absolute atomic E-state index is 12.6. The molecule has 0 spiro atoms. The molecule has 1 aliphatic rings. The van der Waals surface area contributed by atoms with E-state index in [1.807, 2.05) is 0 Å². The summed E-state index contributed by atoms with van der Waals surface area (Å²) in [7, 11) is 0. The quantitative estimate of drug-likeness (QED) is 0.443. The van der Waals surface area contributed by atoms with E-state index in [2.05, 4.69) is 67.5 Å². The average molecular weight is 447 g/mol. The van der Waals surface area contributed by atoms with Crippen LogP contribution < -0.4 is 10.2 Å². The molecule has 3 rings (SSSR count). The Hall–Kier alpha value is -1.93. The molecule has 30 heavy (non-hydrogen) atoms. The topological polar surface area (TPSA) is 75.2 Å². The number of aromatic nitrogens is 2. The molecule has 1 N–H and O–H groups in total. The van der Waals surface area contributed by atoms with E-state index in [-0.39, 0.29) is 35.6 Å². The molecule has 2 amide bonds. The molecular formula is C22H30N4O2S2. The molecule has 1 aliphatic carbocycles. The minimum atomic E-state index is -0.0348. The number of carbonyl (C=O) groups is 2. The molecule has 1 fully saturated rings. The summed E-state index contributed by atoms with van der Waals surface area (Å²) in [5.74, 6) is 0.990. The summed E-state index contributed by atoms with van der Waals surface area (Å²) in [6.45, 7) is 10.1. The molecular weight excluding hydrogens is 416 g/mol. The predicted molar refractivity (Wildman–Crippen MR) is 123 cm³/mol. The molecule has 0 saturated heterocycles. The maximum atomic E-state index is 12.6. The van der Waals surface area contributed by atoms with Crippen molar-refractivity contribution in [3.05, 3.63) is 35.4 Å². The van der Waals surface area contributed by atoms with Crippen LogP contribution in [0.15, 0.2) is 28.6 Å². The van der Waals surface area contributed by atoms with Gasteiger partial charge in [-0.1, -0.05) is 75.1 Å². The molecule has 2 aromatic rings. The normalized spacial score (nSPS) is 14.8. The van der Waals surface area contributed by atoms with Gasteiger partial charge in [0, 0.05) is 13.0 Å². The van der Waals surface area contributed by atoms with Gasteiger partial charge in [-0.3, -0.25) is 14.5 Å². The largest absolute Gasteiger partial charge is 0.348 e. The number of amides is 2. The number of rotatable bonds is 9. The lowest BCUT2D eigenvalue weighted by Gasteiger charge is -2.23. The van der Waals surface area contributed by atoms with Gasteiger partial charge in [0.05, 0.1) is 11.8 Å². The second kappa shape index (κ2) is 9.92. The Morgan fingerprint density at radius 1 is 1.13 bits per heavy atom. The highest BCUT2D eigenvalue weighted by Crippen LogP contribution is 2.35. The third-order valence-corrected chi connectivity index (χ3v) is 7.18. The Labute approximate surface area is 186 Å². The van der Waals surface area contributed by atoms with Crippen LogP contribution >= 0.6 is 23.1 Å². The standard InChI is InChI=1S/C22H30N4O2S2/c1-13(2)16-6-8-17(9-7-16)20(14(3)4)23-19(28)12-29-22-25-24-21(30-22)26(15(5)27)18-10-11-18/h6-9,13-14,18,20H,10-12H2,1-5H3,(H,23,28). The third kappa shape index (κ3) is 5.82. The van der Waals surface area contributed by atoms with Crippen molar-refractivity contribution in [3.63, 3.8) is 0 Å². The van der Waals surface area contributed by atoms with Gasteiger partial charge >= 0.3 is 0 Å². The van der Waals surface area contributed by atoms with Crippen LogP contribution in [-0.4, -0.2) is 33.8 Å². The lowest BCUT2D eigenvalue weighted by atomic mass is 9.93. The minimum absolute atomic E-state index is 0.00814. The number of anilines is 1. The first-order chi connectivity index (χ1) is 14.3. The Kier molecular flexibility index (Phi) is 7.52. The lowest BCUT2D eigenvalue weighted by molar-refractivity contribution is -0.119. The predicted octanol–water partition coefficient (Wildman–Crippen LogP) is 4.78. The molecule has 1 atom stereocenters. The van der Waals surface area contributed by atoms with Crippen molar-refractivity contribution in [2.24, 2.45) is 5.92 Å². The Bertz CT molecular complexity index is 876. The van der Waals surface area contributed by atoms with Gasteiger partial charge in [0.2, 0.25) is 16.9 Å². The van der Waals surface area contributed by atoms with Crippen molar-refractivity contribution in [3.8, 4) is 0 Å². The van der Waals surface area contributed by atoms with Gasteiger partial charge in [-0.15, -0.1) is 10.2 Å². The average Bonchev–Trinajstić information content (AvgIpc) is 3.41. The molecule has 0 aliphatic heterocycles. The van der Waals surface area contributed by atoms with Crippen molar-refractivity contribution in [1.29, 1.82) is 0 Å². The fourth-order valence-corrected chi connectivity index (χ4v) is 5.07.